The van der Waals surface area contributed by atoms with Gasteiger partial charge in [0.2, 0.25) is 0 Å². The molecule has 0 bridgehead atoms. The van der Waals surface area contributed by atoms with E-state index in [0.29, 0.717) is 24.6 Å². The lowest BCUT2D eigenvalue weighted by molar-refractivity contribution is -0.137. The van der Waals surface area contributed by atoms with Gasteiger partial charge in [-0.15, -0.1) is 0 Å². The fraction of sp³-hybridized carbons (Fsp3) is 0.562. The predicted octanol–water partition coefficient (Wildman–Crippen LogP) is 3.19. The van der Waals surface area contributed by atoms with Gasteiger partial charge >= 0.3 is 6.18 Å². The van der Waals surface area contributed by atoms with Crippen LogP contribution in [0.2, 0.25) is 0 Å². The van der Waals surface area contributed by atoms with E-state index in [0.717, 1.165) is 12.1 Å². The van der Waals surface area contributed by atoms with E-state index in [4.69, 9.17) is 4.74 Å². The highest BCUT2D eigenvalue weighted by Gasteiger charge is 2.30. The molecule has 0 fully saturated rings. The second-order valence-corrected chi connectivity index (χ2v) is 5.71. The van der Waals surface area contributed by atoms with Crippen LogP contribution in [0.15, 0.2) is 29.3 Å². The van der Waals surface area contributed by atoms with Crippen molar-refractivity contribution in [2.45, 2.75) is 39.1 Å². The molecule has 0 heterocycles. The lowest BCUT2D eigenvalue weighted by Gasteiger charge is -2.24. The van der Waals surface area contributed by atoms with Gasteiger partial charge in [0.05, 0.1) is 17.7 Å². The van der Waals surface area contributed by atoms with Gasteiger partial charge in [0.25, 0.3) is 0 Å². The quantitative estimate of drug-likeness (QED) is 0.622. The van der Waals surface area contributed by atoms with Gasteiger partial charge in [-0.2, -0.15) is 13.2 Å². The van der Waals surface area contributed by atoms with Crippen LogP contribution in [0.4, 0.5) is 13.2 Å². The molecule has 1 aromatic carbocycles. The summed E-state index contributed by atoms with van der Waals surface area (Å²) < 4.78 is 43.4. The Morgan fingerprint density at radius 2 is 1.91 bits per heavy atom. The molecule has 1 aromatic rings. The lowest BCUT2D eigenvalue weighted by Crippen LogP contribution is -2.45. The summed E-state index contributed by atoms with van der Waals surface area (Å²) in [5, 5.41) is 6.17. The standard InChI is InChI=1S/C16H24F3N3O/c1-5-20-14(22-11-15(2,3)23-4)21-10-12-7-6-8-13(9-12)16(17,18)19/h6-9H,5,10-11H2,1-4H3,(H2,20,21,22). The maximum Gasteiger partial charge on any atom is 0.416 e. The molecule has 0 aliphatic carbocycles. The van der Waals surface area contributed by atoms with Crippen molar-refractivity contribution in [1.29, 1.82) is 0 Å². The van der Waals surface area contributed by atoms with Crippen molar-refractivity contribution in [3.63, 3.8) is 0 Å². The Bertz CT molecular complexity index is 528. The zero-order valence-electron chi connectivity index (χ0n) is 13.9. The van der Waals surface area contributed by atoms with Crippen molar-refractivity contribution >= 4 is 5.96 Å². The summed E-state index contributed by atoms with van der Waals surface area (Å²) >= 11 is 0. The Balaban J connectivity index is 2.77. The van der Waals surface area contributed by atoms with Crippen molar-refractivity contribution in [1.82, 2.24) is 10.6 Å². The fourth-order valence-corrected chi connectivity index (χ4v) is 1.73. The minimum Gasteiger partial charge on any atom is -0.377 e. The van der Waals surface area contributed by atoms with Gasteiger partial charge in [-0.05, 0) is 38.5 Å². The highest BCUT2D eigenvalue weighted by atomic mass is 19.4. The highest BCUT2D eigenvalue weighted by molar-refractivity contribution is 5.79. The highest BCUT2D eigenvalue weighted by Crippen LogP contribution is 2.29. The van der Waals surface area contributed by atoms with E-state index < -0.39 is 11.7 Å². The number of halogens is 3. The van der Waals surface area contributed by atoms with Crippen LogP contribution in [-0.4, -0.2) is 31.8 Å². The number of aliphatic imine (C=N–C) groups is 1. The lowest BCUT2D eigenvalue weighted by atomic mass is 10.1. The second kappa shape index (κ2) is 8.19. The molecular weight excluding hydrogens is 307 g/mol. The summed E-state index contributed by atoms with van der Waals surface area (Å²) in [6, 6.07) is 5.19. The summed E-state index contributed by atoms with van der Waals surface area (Å²) in [4.78, 5) is 4.32. The maximum absolute atomic E-state index is 12.7. The van der Waals surface area contributed by atoms with Gasteiger partial charge in [0.15, 0.2) is 5.96 Å². The van der Waals surface area contributed by atoms with Crippen LogP contribution >= 0.6 is 0 Å². The number of nitrogens with one attached hydrogen (secondary N) is 2. The number of guanidine groups is 1. The van der Waals surface area contributed by atoms with Crippen LogP contribution in [0.25, 0.3) is 0 Å². The molecule has 0 unspecified atom stereocenters. The third-order valence-electron chi connectivity index (χ3n) is 3.25. The number of nitrogens with zero attached hydrogens (tertiary/aromatic N) is 1. The van der Waals surface area contributed by atoms with Gasteiger partial charge < -0.3 is 15.4 Å². The first-order valence-corrected chi connectivity index (χ1v) is 7.41. The van der Waals surface area contributed by atoms with Crippen LogP contribution in [0.5, 0.6) is 0 Å². The van der Waals surface area contributed by atoms with Crippen LogP contribution in [-0.2, 0) is 17.5 Å². The van der Waals surface area contributed by atoms with Gasteiger partial charge in [-0.25, -0.2) is 4.99 Å². The number of ether oxygens (including phenoxy) is 1. The molecule has 0 atom stereocenters. The number of alkyl halides is 3. The van der Waals surface area contributed by atoms with Gasteiger partial charge in [-0.3, -0.25) is 0 Å². The molecular formula is C16H24F3N3O. The molecule has 0 aliphatic rings. The van der Waals surface area contributed by atoms with E-state index >= 15 is 0 Å². The molecule has 0 radical (unpaired) electrons. The number of methoxy groups -OCH3 is 1. The van der Waals surface area contributed by atoms with Crippen molar-refractivity contribution in [2.75, 3.05) is 20.2 Å². The van der Waals surface area contributed by atoms with Crippen molar-refractivity contribution < 1.29 is 17.9 Å². The van der Waals surface area contributed by atoms with Gasteiger partial charge in [-0.1, -0.05) is 12.1 Å². The van der Waals surface area contributed by atoms with Crippen LogP contribution in [0, 0.1) is 0 Å². The first-order chi connectivity index (χ1) is 10.7. The Morgan fingerprint density at radius 3 is 2.48 bits per heavy atom. The van der Waals surface area contributed by atoms with Crippen molar-refractivity contribution in [2.24, 2.45) is 4.99 Å². The fourth-order valence-electron chi connectivity index (χ4n) is 1.73. The zero-order valence-corrected chi connectivity index (χ0v) is 13.9. The molecule has 0 amide bonds. The van der Waals surface area contributed by atoms with E-state index in [1.54, 1.807) is 13.2 Å². The van der Waals surface area contributed by atoms with Gasteiger partial charge in [0, 0.05) is 20.2 Å². The summed E-state index contributed by atoms with van der Waals surface area (Å²) in [6.07, 6.45) is -4.34. The topological polar surface area (TPSA) is 45.7 Å². The normalized spacial score (nSPS) is 13.1. The maximum atomic E-state index is 12.7. The molecule has 2 N–H and O–H groups in total. The zero-order chi connectivity index (χ0) is 17.5. The second-order valence-electron chi connectivity index (χ2n) is 5.71. The third-order valence-corrected chi connectivity index (χ3v) is 3.25. The number of rotatable bonds is 6. The van der Waals surface area contributed by atoms with Crippen LogP contribution < -0.4 is 10.6 Å². The third kappa shape index (κ3) is 6.90. The molecule has 0 spiro atoms. The molecule has 0 saturated heterocycles. The van der Waals surface area contributed by atoms with E-state index in [-0.39, 0.29) is 12.1 Å². The number of benzene rings is 1. The Hall–Kier alpha value is -1.76. The summed E-state index contributed by atoms with van der Waals surface area (Å²) in [6.45, 7) is 7.11. The minimum atomic E-state index is -4.34. The van der Waals surface area contributed by atoms with Crippen LogP contribution in [0.3, 0.4) is 0 Å². The SMILES string of the molecule is CCNC(=NCc1cccc(C(F)(F)F)c1)NCC(C)(C)OC. The van der Waals surface area contributed by atoms with Crippen molar-refractivity contribution in [3.05, 3.63) is 35.4 Å². The molecule has 4 nitrogen and oxygen atoms in total. The molecule has 7 heteroatoms. The molecule has 1 rings (SSSR count). The Kier molecular flexibility index (Phi) is 6.87. The van der Waals surface area contributed by atoms with Gasteiger partial charge in [0.1, 0.15) is 0 Å². The Morgan fingerprint density at radius 1 is 1.22 bits per heavy atom. The number of hydrogen-bond donors (Lipinski definition) is 2. The average molecular weight is 331 g/mol. The molecule has 0 saturated carbocycles. The number of hydrogen-bond acceptors (Lipinski definition) is 2. The summed E-state index contributed by atoms with van der Waals surface area (Å²) in [5.41, 5.74) is -0.529. The molecule has 130 valence electrons. The first kappa shape index (κ1) is 19.3. The van der Waals surface area contributed by atoms with E-state index in [9.17, 15) is 13.2 Å². The monoisotopic (exact) mass is 331 g/mol. The average Bonchev–Trinajstić information content (AvgIpc) is 2.49. The van der Waals surface area contributed by atoms with Crippen molar-refractivity contribution in [3.8, 4) is 0 Å². The smallest absolute Gasteiger partial charge is 0.377 e. The van der Waals surface area contributed by atoms with Crippen LogP contribution in [0.1, 0.15) is 31.9 Å². The summed E-state index contributed by atoms with van der Waals surface area (Å²) in [7, 11) is 1.62. The largest absolute Gasteiger partial charge is 0.416 e. The van der Waals surface area contributed by atoms with E-state index in [1.165, 1.54) is 6.07 Å². The first-order valence-electron chi connectivity index (χ1n) is 7.41. The Labute approximate surface area is 135 Å². The molecule has 23 heavy (non-hydrogen) atoms. The molecule has 0 aliphatic heterocycles. The van der Waals surface area contributed by atoms with E-state index in [1.807, 2.05) is 20.8 Å². The predicted molar refractivity (Wildman–Crippen MR) is 85.4 cm³/mol. The molecule has 0 aromatic heterocycles. The minimum absolute atomic E-state index is 0.159. The summed E-state index contributed by atoms with van der Waals surface area (Å²) in [5.74, 6) is 0.537. The van der Waals surface area contributed by atoms with E-state index in [2.05, 4.69) is 15.6 Å².